The van der Waals surface area contributed by atoms with Gasteiger partial charge in [-0.2, -0.15) is 0 Å². The lowest BCUT2D eigenvalue weighted by atomic mass is 9.98. The summed E-state index contributed by atoms with van der Waals surface area (Å²) in [4.78, 5) is 27.9. The summed E-state index contributed by atoms with van der Waals surface area (Å²) in [5.41, 5.74) is 2.94. The molecular formula is C29H31NO5. The monoisotopic (exact) mass is 473 g/mol. The Bertz CT molecular complexity index is 1280. The molecule has 1 atom stereocenters. The number of ether oxygens (including phenoxy) is 1. The number of aliphatic hydroxyl groups is 1. The van der Waals surface area contributed by atoms with Gasteiger partial charge in [0, 0.05) is 11.3 Å². The highest BCUT2D eigenvalue weighted by Crippen LogP contribution is 2.43. The van der Waals surface area contributed by atoms with E-state index in [0.29, 0.717) is 41.0 Å². The van der Waals surface area contributed by atoms with Crippen molar-refractivity contribution < 1.29 is 23.8 Å². The van der Waals surface area contributed by atoms with Gasteiger partial charge in [0.05, 0.1) is 12.2 Å². The van der Waals surface area contributed by atoms with E-state index in [4.69, 9.17) is 9.15 Å². The van der Waals surface area contributed by atoms with Crippen LogP contribution in [0.2, 0.25) is 0 Å². The number of anilines is 1. The van der Waals surface area contributed by atoms with E-state index in [-0.39, 0.29) is 11.3 Å². The van der Waals surface area contributed by atoms with E-state index in [0.717, 1.165) is 17.5 Å². The van der Waals surface area contributed by atoms with Crippen LogP contribution in [0.5, 0.6) is 5.75 Å². The Morgan fingerprint density at radius 3 is 2.34 bits per heavy atom. The number of aliphatic hydroxyl groups excluding tert-OH is 1. The van der Waals surface area contributed by atoms with Crippen molar-refractivity contribution in [3.63, 3.8) is 0 Å². The lowest BCUT2D eigenvalue weighted by Crippen LogP contribution is -2.29. The van der Waals surface area contributed by atoms with Crippen LogP contribution < -0.4 is 9.64 Å². The van der Waals surface area contributed by atoms with Gasteiger partial charge in [0.15, 0.2) is 0 Å². The third-order valence-electron chi connectivity index (χ3n) is 6.12. The molecule has 1 N–H and O–H groups in total. The Morgan fingerprint density at radius 2 is 1.77 bits per heavy atom. The molecule has 0 spiro atoms. The highest BCUT2D eigenvalue weighted by molar-refractivity contribution is 6.51. The van der Waals surface area contributed by atoms with Crippen LogP contribution in [-0.4, -0.2) is 23.4 Å². The van der Waals surface area contributed by atoms with Gasteiger partial charge < -0.3 is 14.3 Å². The number of amides is 1. The fourth-order valence-electron chi connectivity index (χ4n) is 4.23. The van der Waals surface area contributed by atoms with Crippen LogP contribution >= 0.6 is 0 Å². The van der Waals surface area contributed by atoms with Gasteiger partial charge in [-0.3, -0.25) is 14.5 Å². The lowest BCUT2D eigenvalue weighted by Gasteiger charge is -2.23. The number of carbonyl (C=O) groups is 2. The minimum Gasteiger partial charge on any atom is -0.507 e. The van der Waals surface area contributed by atoms with Crippen molar-refractivity contribution in [3.8, 4) is 5.75 Å². The Labute approximate surface area is 205 Å². The van der Waals surface area contributed by atoms with Gasteiger partial charge in [-0.1, -0.05) is 32.9 Å². The molecule has 6 nitrogen and oxygen atoms in total. The minimum absolute atomic E-state index is 0.000771. The third kappa shape index (κ3) is 4.74. The molecule has 3 aromatic rings. The third-order valence-corrected chi connectivity index (χ3v) is 6.12. The second-order valence-corrected chi connectivity index (χ2v) is 9.32. The van der Waals surface area contributed by atoms with E-state index in [1.807, 2.05) is 38.1 Å². The summed E-state index contributed by atoms with van der Waals surface area (Å²) in [7, 11) is 0. The Morgan fingerprint density at radius 1 is 1.06 bits per heavy atom. The Kier molecular flexibility index (Phi) is 6.83. The largest absolute Gasteiger partial charge is 0.507 e. The molecule has 4 rings (SSSR count). The van der Waals surface area contributed by atoms with E-state index < -0.39 is 17.7 Å². The maximum absolute atomic E-state index is 13.3. The summed E-state index contributed by atoms with van der Waals surface area (Å²) in [6.45, 7) is 10.4. The molecule has 1 saturated heterocycles. The summed E-state index contributed by atoms with van der Waals surface area (Å²) in [6, 6.07) is 15.4. The molecule has 35 heavy (non-hydrogen) atoms. The van der Waals surface area contributed by atoms with Gasteiger partial charge in [-0.25, -0.2) is 0 Å². The van der Waals surface area contributed by atoms with Gasteiger partial charge in [0.1, 0.15) is 29.1 Å². The van der Waals surface area contributed by atoms with Crippen molar-refractivity contribution in [1.82, 2.24) is 0 Å². The quantitative estimate of drug-likeness (QED) is 0.254. The van der Waals surface area contributed by atoms with Crippen LogP contribution in [0.1, 0.15) is 55.0 Å². The van der Waals surface area contributed by atoms with Crippen molar-refractivity contribution in [2.45, 2.75) is 47.1 Å². The number of benzene rings is 2. The van der Waals surface area contributed by atoms with Crippen LogP contribution in [0.4, 0.5) is 5.69 Å². The average molecular weight is 474 g/mol. The fourth-order valence-corrected chi connectivity index (χ4v) is 4.23. The molecule has 1 unspecified atom stereocenters. The van der Waals surface area contributed by atoms with Gasteiger partial charge in [0.2, 0.25) is 0 Å². The standard InChI is InChI=1S/C29H31NO5/c1-6-20-8-11-22(12-9-20)30-26(24-13-7-19(5)35-24)25(28(32)29(30)33)27(31)21-10-14-23(18(4)15-21)34-16-17(2)3/h7-15,17,26,31H,6,16H2,1-5H3/b27-25-. The fraction of sp³-hybridized carbons (Fsp3) is 0.310. The van der Waals surface area contributed by atoms with Crippen LogP contribution in [-0.2, 0) is 16.0 Å². The summed E-state index contributed by atoms with van der Waals surface area (Å²) in [6.07, 6.45) is 0.857. The molecule has 1 aliphatic heterocycles. The van der Waals surface area contributed by atoms with E-state index in [1.54, 1.807) is 37.3 Å². The van der Waals surface area contributed by atoms with Gasteiger partial charge in [0.25, 0.3) is 11.7 Å². The first kappa shape index (κ1) is 24.3. The van der Waals surface area contributed by atoms with E-state index in [2.05, 4.69) is 13.8 Å². The van der Waals surface area contributed by atoms with Gasteiger partial charge in [-0.15, -0.1) is 0 Å². The maximum Gasteiger partial charge on any atom is 0.300 e. The SMILES string of the molecule is CCc1ccc(N2C(=O)C(=O)/C(=C(\O)c3ccc(OCC(C)C)c(C)c3)C2c2ccc(C)o2)cc1. The highest BCUT2D eigenvalue weighted by atomic mass is 16.5. The first-order chi connectivity index (χ1) is 16.7. The zero-order chi connectivity index (χ0) is 25.3. The predicted octanol–water partition coefficient (Wildman–Crippen LogP) is 6.12. The average Bonchev–Trinajstić information content (AvgIpc) is 3.38. The molecule has 0 radical (unpaired) electrons. The number of Topliss-reactive ketones (excluding diaryl/α,β-unsaturated/α-hetero) is 1. The van der Waals surface area contributed by atoms with Gasteiger partial charge >= 0.3 is 0 Å². The number of rotatable bonds is 7. The van der Waals surface area contributed by atoms with Crippen molar-refractivity contribution in [2.24, 2.45) is 5.92 Å². The minimum atomic E-state index is -0.881. The Balaban J connectivity index is 1.82. The van der Waals surface area contributed by atoms with Crippen LogP contribution in [0.3, 0.4) is 0 Å². The molecule has 1 aromatic heterocycles. The zero-order valence-corrected chi connectivity index (χ0v) is 20.8. The second-order valence-electron chi connectivity index (χ2n) is 9.32. The lowest BCUT2D eigenvalue weighted by molar-refractivity contribution is -0.132. The molecule has 0 aliphatic carbocycles. The van der Waals surface area contributed by atoms with Crippen molar-refractivity contribution in [2.75, 3.05) is 11.5 Å². The molecule has 0 saturated carbocycles. The molecule has 1 aliphatic rings. The number of furan rings is 1. The van der Waals surface area contributed by atoms with Crippen LogP contribution in [0.25, 0.3) is 5.76 Å². The molecule has 2 aromatic carbocycles. The molecule has 6 heteroatoms. The zero-order valence-electron chi connectivity index (χ0n) is 20.8. The first-order valence-electron chi connectivity index (χ1n) is 11.9. The van der Waals surface area contributed by atoms with Crippen LogP contribution in [0.15, 0.2) is 64.6 Å². The second kappa shape index (κ2) is 9.82. The maximum atomic E-state index is 13.3. The normalized spacial score (nSPS) is 17.4. The summed E-state index contributed by atoms with van der Waals surface area (Å²) >= 11 is 0. The number of hydrogen-bond donors (Lipinski definition) is 1. The van der Waals surface area contributed by atoms with Crippen molar-refractivity contribution >= 4 is 23.1 Å². The summed E-state index contributed by atoms with van der Waals surface area (Å²) in [5, 5.41) is 11.3. The summed E-state index contributed by atoms with van der Waals surface area (Å²) < 4.78 is 11.7. The molecule has 2 heterocycles. The predicted molar refractivity (Wildman–Crippen MR) is 136 cm³/mol. The summed E-state index contributed by atoms with van der Waals surface area (Å²) in [5.74, 6) is 0.452. The highest BCUT2D eigenvalue weighted by Gasteiger charge is 2.48. The molecule has 0 bridgehead atoms. The topological polar surface area (TPSA) is 80.0 Å². The number of aryl methyl sites for hydroxylation is 3. The van der Waals surface area contributed by atoms with E-state index in [1.165, 1.54) is 4.90 Å². The molecule has 182 valence electrons. The number of ketones is 1. The van der Waals surface area contributed by atoms with Gasteiger partial charge in [-0.05, 0) is 79.8 Å². The molecular weight excluding hydrogens is 442 g/mol. The van der Waals surface area contributed by atoms with E-state index in [9.17, 15) is 14.7 Å². The number of carbonyl (C=O) groups excluding carboxylic acids is 2. The first-order valence-corrected chi connectivity index (χ1v) is 11.9. The van der Waals surface area contributed by atoms with E-state index >= 15 is 0 Å². The number of hydrogen-bond acceptors (Lipinski definition) is 5. The van der Waals surface area contributed by atoms with Crippen LogP contribution in [0, 0.1) is 19.8 Å². The number of nitrogens with zero attached hydrogens (tertiary/aromatic N) is 1. The smallest absolute Gasteiger partial charge is 0.300 e. The van der Waals surface area contributed by atoms with Crippen molar-refractivity contribution in [3.05, 3.63) is 88.4 Å². The Hall–Kier alpha value is -3.80. The van der Waals surface area contributed by atoms with Crippen molar-refractivity contribution in [1.29, 1.82) is 0 Å². The molecule has 1 fully saturated rings. The molecule has 1 amide bonds.